The molecule has 0 aromatic heterocycles. The second kappa shape index (κ2) is 32.3. The quantitative estimate of drug-likeness (QED) is 0.0730. The van der Waals surface area contributed by atoms with Gasteiger partial charge in [-0.25, -0.2) is 0 Å². The van der Waals surface area contributed by atoms with Crippen LogP contribution in [0.4, 0.5) is 0 Å². The fourth-order valence-electron chi connectivity index (χ4n) is 4.14. The van der Waals surface area contributed by atoms with Crippen molar-refractivity contribution in [2.24, 2.45) is 0 Å². The normalized spacial score (nSPS) is 15.2. The Hall–Kier alpha value is -1.35. The molecule has 1 aliphatic heterocycles. The first-order valence-corrected chi connectivity index (χ1v) is 19.0. The molecule has 1 fully saturated rings. The molecule has 1 aromatic carbocycles. The summed E-state index contributed by atoms with van der Waals surface area (Å²) in [7, 11) is -3.77. The van der Waals surface area contributed by atoms with Gasteiger partial charge in [-0.05, 0) is 38.3 Å². The zero-order valence-corrected chi connectivity index (χ0v) is 30.6. The molecule has 1 heterocycles. The minimum atomic E-state index is -3.77. The van der Waals surface area contributed by atoms with Gasteiger partial charge in [0, 0.05) is 6.61 Å². The molecule has 292 valence electrons. The van der Waals surface area contributed by atoms with Gasteiger partial charge in [0.1, 0.15) is 0 Å². The van der Waals surface area contributed by atoms with Crippen molar-refractivity contribution in [3.05, 3.63) is 29.8 Å². The summed E-state index contributed by atoms with van der Waals surface area (Å²) in [5.74, 6) is 0. The van der Waals surface area contributed by atoms with Crippen molar-refractivity contribution < 1.29 is 69.4 Å². The molecule has 0 saturated carbocycles. The SMILES string of the molecule is Cc1ccc(S(=O)(=O)OCCOCCOCCOCCOCCOCCOCCOCCOCCOCCOCCOC2CCCCO2)cc1. The van der Waals surface area contributed by atoms with Crippen LogP contribution in [-0.4, -0.2) is 167 Å². The van der Waals surface area contributed by atoms with Gasteiger partial charge in [-0.2, -0.15) is 8.42 Å². The Morgan fingerprint density at radius 1 is 0.500 bits per heavy atom. The van der Waals surface area contributed by atoms with Crippen molar-refractivity contribution in [1.82, 2.24) is 0 Å². The summed E-state index contributed by atoms with van der Waals surface area (Å²) in [5, 5.41) is 0. The standard InChI is InChI=1S/C34H60O15S/c1-32-5-7-33(8-6-32)50(35,36)49-31-29-46-27-25-44-23-21-42-19-17-40-15-13-38-11-10-37-12-14-39-16-18-41-20-22-43-24-26-45-28-30-48-34-4-2-3-9-47-34/h5-8,34H,2-4,9-31H2,1H3. The Morgan fingerprint density at radius 2 is 0.840 bits per heavy atom. The minimum absolute atomic E-state index is 0.0598. The third-order valence-corrected chi connectivity index (χ3v) is 8.12. The Labute approximate surface area is 298 Å². The summed E-state index contributed by atoms with van der Waals surface area (Å²) in [6, 6.07) is 6.48. The molecule has 1 atom stereocenters. The van der Waals surface area contributed by atoms with E-state index in [1.165, 1.54) is 12.1 Å². The van der Waals surface area contributed by atoms with Crippen LogP contribution in [0.2, 0.25) is 0 Å². The molecule has 1 saturated heterocycles. The maximum Gasteiger partial charge on any atom is 0.297 e. The van der Waals surface area contributed by atoms with E-state index in [0.717, 1.165) is 31.4 Å². The van der Waals surface area contributed by atoms with Gasteiger partial charge < -0.3 is 56.8 Å². The van der Waals surface area contributed by atoms with Crippen LogP contribution in [0.3, 0.4) is 0 Å². The van der Waals surface area contributed by atoms with E-state index in [-0.39, 0.29) is 24.4 Å². The molecular formula is C34H60O15S. The summed E-state index contributed by atoms with van der Waals surface area (Å²) < 4.78 is 94.8. The summed E-state index contributed by atoms with van der Waals surface area (Å²) in [6.07, 6.45) is 3.16. The molecule has 1 aromatic rings. The molecule has 1 unspecified atom stereocenters. The van der Waals surface area contributed by atoms with Gasteiger partial charge in [-0.3, -0.25) is 4.18 Å². The van der Waals surface area contributed by atoms with Crippen LogP contribution in [0.5, 0.6) is 0 Å². The highest BCUT2D eigenvalue weighted by Gasteiger charge is 2.15. The van der Waals surface area contributed by atoms with Crippen LogP contribution < -0.4 is 0 Å². The summed E-state index contributed by atoms with van der Waals surface area (Å²) in [6.45, 7) is 12.3. The van der Waals surface area contributed by atoms with Gasteiger partial charge in [-0.15, -0.1) is 0 Å². The second-order valence-electron chi connectivity index (χ2n) is 10.9. The second-order valence-corrected chi connectivity index (χ2v) is 12.5. The summed E-state index contributed by atoms with van der Waals surface area (Å²) in [4.78, 5) is 0.128. The lowest BCUT2D eigenvalue weighted by atomic mass is 10.2. The van der Waals surface area contributed by atoms with Crippen molar-refractivity contribution in [2.45, 2.75) is 37.4 Å². The first-order valence-electron chi connectivity index (χ1n) is 17.5. The maximum absolute atomic E-state index is 12.1. The Balaban J connectivity index is 1.16. The Bertz CT molecular complexity index is 977. The van der Waals surface area contributed by atoms with Gasteiger partial charge in [0.25, 0.3) is 10.1 Å². The average molecular weight is 741 g/mol. The maximum atomic E-state index is 12.1. The largest absolute Gasteiger partial charge is 0.377 e. The molecule has 2 rings (SSSR count). The minimum Gasteiger partial charge on any atom is -0.377 e. The summed E-state index contributed by atoms with van der Waals surface area (Å²) >= 11 is 0. The predicted octanol–water partition coefficient (Wildman–Crippen LogP) is 2.41. The average Bonchev–Trinajstić information content (AvgIpc) is 3.12. The number of hydrogen-bond donors (Lipinski definition) is 0. The zero-order chi connectivity index (χ0) is 35.6. The monoisotopic (exact) mass is 740 g/mol. The first kappa shape index (κ1) is 44.8. The lowest BCUT2D eigenvalue weighted by molar-refractivity contribution is -0.169. The van der Waals surface area contributed by atoms with Gasteiger partial charge in [-0.1, -0.05) is 17.7 Å². The fraction of sp³-hybridized carbons (Fsp3) is 0.824. The van der Waals surface area contributed by atoms with E-state index in [1.54, 1.807) is 12.1 Å². The lowest BCUT2D eigenvalue weighted by Gasteiger charge is -2.22. The molecular weight excluding hydrogens is 680 g/mol. The number of aryl methyl sites for hydroxylation is 1. The predicted molar refractivity (Wildman–Crippen MR) is 182 cm³/mol. The molecule has 0 spiro atoms. The molecule has 0 aliphatic carbocycles. The van der Waals surface area contributed by atoms with Gasteiger partial charge in [0.15, 0.2) is 6.29 Å². The van der Waals surface area contributed by atoms with E-state index in [2.05, 4.69) is 0 Å². The van der Waals surface area contributed by atoms with Gasteiger partial charge in [0.2, 0.25) is 0 Å². The van der Waals surface area contributed by atoms with E-state index >= 15 is 0 Å². The third kappa shape index (κ3) is 26.4. The fourth-order valence-corrected chi connectivity index (χ4v) is 5.03. The Morgan fingerprint density at radius 3 is 1.18 bits per heavy atom. The van der Waals surface area contributed by atoms with Crippen LogP contribution in [0.25, 0.3) is 0 Å². The molecule has 0 radical (unpaired) electrons. The van der Waals surface area contributed by atoms with Crippen LogP contribution in [0.1, 0.15) is 24.8 Å². The topological polar surface area (TPSA) is 154 Å². The van der Waals surface area contributed by atoms with E-state index in [9.17, 15) is 8.42 Å². The Kier molecular flexibility index (Phi) is 29.0. The van der Waals surface area contributed by atoms with Crippen molar-refractivity contribution in [1.29, 1.82) is 0 Å². The molecule has 15 nitrogen and oxygen atoms in total. The third-order valence-electron chi connectivity index (χ3n) is 6.79. The van der Waals surface area contributed by atoms with Crippen LogP contribution >= 0.6 is 0 Å². The zero-order valence-electron chi connectivity index (χ0n) is 29.8. The van der Waals surface area contributed by atoms with E-state index < -0.39 is 10.1 Å². The molecule has 0 bridgehead atoms. The number of hydrogen-bond acceptors (Lipinski definition) is 15. The van der Waals surface area contributed by atoms with E-state index in [4.69, 9.17) is 61.0 Å². The van der Waals surface area contributed by atoms with Crippen LogP contribution in [0, 0.1) is 6.92 Å². The number of ether oxygens (including phenoxy) is 12. The number of rotatable bonds is 36. The molecule has 16 heteroatoms. The lowest BCUT2D eigenvalue weighted by Crippen LogP contribution is -2.24. The molecule has 50 heavy (non-hydrogen) atoms. The van der Waals surface area contributed by atoms with Crippen molar-refractivity contribution in [2.75, 3.05) is 152 Å². The highest BCUT2D eigenvalue weighted by molar-refractivity contribution is 7.86. The molecule has 0 N–H and O–H groups in total. The number of benzene rings is 1. The van der Waals surface area contributed by atoms with Crippen molar-refractivity contribution >= 4 is 10.1 Å². The van der Waals surface area contributed by atoms with Gasteiger partial charge >= 0.3 is 0 Å². The highest BCUT2D eigenvalue weighted by atomic mass is 32.2. The highest BCUT2D eigenvalue weighted by Crippen LogP contribution is 2.14. The molecule has 0 amide bonds. The van der Waals surface area contributed by atoms with Crippen molar-refractivity contribution in [3.8, 4) is 0 Å². The van der Waals surface area contributed by atoms with Crippen molar-refractivity contribution in [3.63, 3.8) is 0 Å². The van der Waals surface area contributed by atoms with Crippen LogP contribution in [0.15, 0.2) is 29.2 Å². The molecule has 1 aliphatic rings. The summed E-state index contributed by atoms with van der Waals surface area (Å²) in [5.41, 5.74) is 0.975. The van der Waals surface area contributed by atoms with E-state index in [0.29, 0.717) is 132 Å². The smallest absolute Gasteiger partial charge is 0.297 e. The van der Waals surface area contributed by atoms with Crippen LogP contribution in [-0.2, 0) is 71.1 Å². The van der Waals surface area contributed by atoms with Gasteiger partial charge in [0.05, 0.1) is 150 Å². The van der Waals surface area contributed by atoms with E-state index in [1.807, 2.05) is 6.92 Å². The first-order chi connectivity index (χ1) is 24.6.